The number of hydrogen-bond acceptors (Lipinski definition) is 3. The topological polar surface area (TPSA) is 97.9 Å². The number of benzene rings is 1. The van der Waals surface area contributed by atoms with Crippen molar-refractivity contribution in [2.24, 2.45) is 5.73 Å². The van der Waals surface area contributed by atoms with Gasteiger partial charge in [-0.05, 0) is 24.3 Å². The van der Waals surface area contributed by atoms with Crippen molar-refractivity contribution in [2.75, 3.05) is 0 Å². The van der Waals surface area contributed by atoms with Crippen molar-refractivity contribution in [3.05, 3.63) is 50.9 Å². The second-order valence-electron chi connectivity index (χ2n) is 3.50. The first-order valence-corrected chi connectivity index (χ1v) is 5.28. The van der Waals surface area contributed by atoms with E-state index in [4.69, 9.17) is 17.3 Å². The summed E-state index contributed by atoms with van der Waals surface area (Å²) in [4.78, 5) is 33.7. The van der Waals surface area contributed by atoms with Crippen LogP contribution in [0.1, 0.15) is 20.8 Å². The van der Waals surface area contributed by atoms with Crippen molar-refractivity contribution in [3.8, 4) is 5.69 Å². The Hall–Kier alpha value is -2.34. The first-order chi connectivity index (χ1) is 8.54. The first-order valence-electron chi connectivity index (χ1n) is 4.90. The molecule has 92 valence electrons. The van der Waals surface area contributed by atoms with Gasteiger partial charge in [-0.15, -0.1) is 0 Å². The van der Waals surface area contributed by atoms with Gasteiger partial charge < -0.3 is 5.73 Å². The molecule has 6 nitrogen and oxygen atoms in total. The van der Waals surface area contributed by atoms with Crippen molar-refractivity contribution in [3.63, 3.8) is 0 Å². The van der Waals surface area contributed by atoms with Crippen molar-refractivity contribution < 1.29 is 9.59 Å². The van der Waals surface area contributed by atoms with Gasteiger partial charge in [0, 0.05) is 5.02 Å². The number of primary amides is 1. The maximum absolute atomic E-state index is 11.9. The third kappa shape index (κ3) is 1.93. The number of aldehydes is 1. The summed E-state index contributed by atoms with van der Waals surface area (Å²) in [6, 6.07) is 6.29. The molecule has 0 radical (unpaired) electrons. The van der Waals surface area contributed by atoms with E-state index in [9.17, 15) is 14.4 Å². The molecule has 2 rings (SSSR count). The summed E-state index contributed by atoms with van der Waals surface area (Å²) in [7, 11) is 0. The molecule has 0 atom stereocenters. The second kappa shape index (κ2) is 4.50. The molecule has 3 N–H and O–H groups in total. The van der Waals surface area contributed by atoms with Crippen molar-refractivity contribution in [2.45, 2.75) is 0 Å². The lowest BCUT2D eigenvalue weighted by atomic mass is 10.2. The zero-order chi connectivity index (χ0) is 13.3. The second-order valence-corrected chi connectivity index (χ2v) is 3.94. The summed E-state index contributed by atoms with van der Waals surface area (Å²) >= 11 is 5.73. The molecule has 1 aromatic carbocycles. The van der Waals surface area contributed by atoms with Crippen LogP contribution in [0.2, 0.25) is 5.02 Å². The number of hydrogen-bond donors (Lipinski definition) is 2. The van der Waals surface area contributed by atoms with Gasteiger partial charge in [0.25, 0.3) is 11.5 Å². The van der Waals surface area contributed by atoms with Gasteiger partial charge in [-0.2, -0.15) is 0 Å². The SMILES string of the molecule is NC(=O)c1[nH]n(-c2ccc(Cl)cc2)c(=O)c1C=O. The highest BCUT2D eigenvalue weighted by atomic mass is 35.5. The molecule has 18 heavy (non-hydrogen) atoms. The molecule has 2 aromatic rings. The molecule has 0 bridgehead atoms. The lowest BCUT2D eigenvalue weighted by molar-refractivity contribution is 0.0988. The number of aromatic amines is 1. The molecule has 1 aromatic heterocycles. The Labute approximate surface area is 106 Å². The molecular weight excluding hydrogens is 258 g/mol. The maximum Gasteiger partial charge on any atom is 0.282 e. The average Bonchev–Trinajstić information content (AvgIpc) is 2.67. The van der Waals surface area contributed by atoms with Gasteiger partial charge in [0.1, 0.15) is 11.3 Å². The Kier molecular flexibility index (Phi) is 3.03. The van der Waals surface area contributed by atoms with E-state index in [1.165, 1.54) is 0 Å². The summed E-state index contributed by atoms with van der Waals surface area (Å²) in [5.41, 5.74) is 4.37. The molecule has 0 aliphatic carbocycles. The van der Waals surface area contributed by atoms with E-state index in [-0.39, 0.29) is 11.3 Å². The van der Waals surface area contributed by atoms with Crippen molar-refractivity contribution in [1.82, 2.24) is 9.78 Å². The summed E-state index contributed by atoms with van der Waals surface area (Å²) < 4.78 is 1.06. The van der Waals surface area contributed by atoms with E-state index in [0.717, 1.165) is 4.68 Å². The van der Waals surface area contributed by atoms with Gasteiger partial charge in [0.2, 0.25) is 0 Å². The Balaban J connectivity index is 2.66. The van der Waals surface area contributed by atoms with Gasteiger partial charge in [-0.1, -0.05) is 11.6 Å². The van der Waals surface area contributed by atoms with E-state index in [0.29, 0.717) is 17.0 Å². The Morgan fingerprint density at radius 2 is 1.94 bits per heavy atom. The summed E-state index contributed by atoms with van der Waals surface area (Å²) in [5, 5.41) is 3.00. The van der Waals surface area contributed by atoms with Crippen LogP contribution in [0.4, 0.5) is 0 Å². The third-order valence-electron chi connectivity index (χ3n) is 2.38. The average molecular weight is 266 g/mol. The van der Waals surface area contributed by atoms with E-state index in [1.54, 1.807) is 24.3 Å². The van der Waals surface area contributed by atoms with Crippen LogP contribution in [0.5, 0.6) is 0 Å². The Bertz CT molecular complexity index is 670. The highest BCUT2D eigenvalue weighted by Crippen LogP contribution is 2.12. The fraction of sp³-hybridized carbons (Fsp3) is 0. The lowest BCUT2D eigenvalue weighted by Crippen LogP contribution is -2.17. The predicted molar refractivity (Wildman–Crippen MR) is 65.3 cm³/mol. The monoisotopic (exact) mass is 265 g/mol. The minimum Gasteiger partial charge on any atom is -0.364 e. The van der Waals surface area contributed by atoms with E-state index in [2.05, 4.69) is 5.10 Å². The summed E-state index contributed by atoms with van der Waals surface area (Å²) in [5.74, 6) is -0.873. The number of halogens is 1. The van der Waals surface area contributed by atoms with Gasteiger partial charge in [0.15, 0.2) is 6.29 Å². The van der Waals surface area contributed by atoms with Crippen molar-refractivity contribution in [1.29, 1.82) is 0 Å². The van der Waals surface area contributed by atoms with Crippen LogP contribution in [0.15, 0.2) is 29.1 Å². The van der Waals surface area contributed by atoms with Crippen LogP contribution in [0.25, 0.3) is 5.69 Å². The fourth-order valence-corrected chi connectivity index (χ4v) is 1.65. The highest BCUT2D eigenvalue weighted by molar-refractivity contribution is 6.30. The molecule has 0 fully saturated rings. The number of amides is 1. The van der Waals surface area contributed by atoms with Crippen LogP contribution >= 0.6 is 11.6 Å². The summed E-state index contributed by atoms with van der Waals surface area (Å²) in [6.07, 6.45) is 0.297. The molecular formula is C11H8ClN3O3. The normalized spacial score (nSPS) is 10.3. The fourth-order valence-electron chi connectivity index (χ4n) is 1.52. The zero-order valence-electron chi connectivity index (χ0n) is 9.01. The Morgan fingerprint density at radius 1 is 1.33 bits per heavy atom. The van der Waals surface area contributed by atoms with Crippen LogP contribution in [0, 0.1) is 0 Å². The predicted octanol–water partition coefficient (Wildman–Crippen LogP) is 0.730. The number of carbonyl (C=O) groups is 2. The number of rotatable bonds is 3. The molecule has 0 spiro atoms. The van der Waals surface area contributed by atoms with E-state index < -0.39 is 11.5 Å². The number of nitrogens with one attached hydrogen (secondary N) is 1. The summed E-state index contributed by atoms with van der Waals surface area (Å²) in [6.45, 7) is 0. The van der Waals surface area contributed by atoms with Crippen LogP contribution in [-0.4, -0.2) is 22.0 Å². The zero-order valence-corrected chi connectivity index (χ0v) is 9.77. The standard InChI is InChI=1S/C11H8ClN3O3/c12-6-1-3-7(4-2-6)15-11(18)8(5-16)9(14-15)10(13)17/h1-5,14H,(H2,13,17). The lowest BCUT2D eigenvalue weighted by Gasteiger charge is -2.00. The van der Waals surface area contributed by atoms with Gasteiger partial charge in [0.05, 0.1) is 5.69 Å². The number of carbonyl (C=O) groups excluding carboxylic acids is 2. The molecule has 1 heterocycles. The van der Waals surface area contributed by atoms with Gasteiger partial charge in [-0.25, -0.2) is 4.68 Å². The maximum atomic E-state index is 11.9. The third-order valence-corrected chi connectivity index (χ3v) is 2.63. The number of aromatic nitrogens is 2. The number of nitrogens with two attached hydrogens (primary N) is 1. The molecule has 0 aliphatic rings. The Morgan fingerprint density at radius 3 is 2.39 bits per heavy atom. The van der Waals surface area contributed by atoms with Crippen LogP contribution < -0.4 is 11.3 Å². The number of nitrogens with zero attached hydrogens (tertiary/aromatic N) is 1. The molecule has 0 unspecified atom stereocenters. The molecule has 0 saturated heterocycles. The van der Waals surface area contributed by atoms with E-state index in [1.807, 2.05) is 0 Å². The number of H-pyrrole nitrogens is 1. The smallest absolute Gasteiger partial charge is 0.282 e. The van der Waals surface area contributed by atoms with Gasteiger partial charge in [-0.3, -0.25) is 19.5 Å². The molecule has 1 amide bonds. The first kappa shape index (κ1) is 12.1. The van der Waals surface area contributed by atoms with Crippen LogP contribution in [-0.2, 0) is 0 Å². The van der Waals surface area contributed by atoms with Crippen LogP contribution in [0.3, 0.4) is 0 Å². The molecule has 0 aliphatic heterocycles. The van der Waals surface area contributed by atoms with Crippen molar-refractivity contribution >= 4 is 23.8 Å². The van der Waals surface area contributed by atoms with Gasteiger partial charge >= 0.3 is 0 Å². The van der Waals surface area contributed by atoms with E-state index >= 15 is 0 Å². The highest BCUT2D eigenvalue weighted by Gasteiger charge is 2.18. The minimum absolute atomic E-state index is 0.218. The quantitative estimate of drug-likeness (QED) is 0.801. The molecule has 7 heteroatoms. The largest absolute Gasteiger partial charge is 0.364 e. The minimum atomic E-state index is -0.873. The molecule has 0 saturated carbocycles.